The van der Waals surface area contributed by atoms with Gasteiger partial charge in [-0.2, -0.15) is 4.98 Å². The second kappa shape index (κ2) is 5.90. The number of rotatable bonds is 5. The van der Waals surface area contributed by atoms with E-state index in [4.69, 9.17) is 10.5 Å². The minimum Gasteiger partial charge on any atom is -0.470 e. The summed E-state index contributed by atoms with van der Waals surface area (Å²) < 4.78 is 5.78. The average Bonchev–Trinajstić information content (AvgIpc) is 2.28. The highest BCUT2D eigenvalue weighted by molar-refractivity contribution is 5.53. The molecule has 3 N–H and O–H groups in total. The number of pyridine rings is 1. The van der Waals surface area contributed by atoms with E-state index in [9.17, 15) is 0 Å². The molecule has 20 heavy (non-hydrogen) atoms. The highest BCUT2D eigenvalue weighted by atomic mass is 16.5. The molecule has 0 radical (unpaired) electrons. The Bertz CT molecular complexity index is 448. The number of aromatic nitrogens is 1. The summed E-state index contributed by atoms with van der Waals surface area (Å²) in [5, 5.41) is 3.37. The average molecular weight is 279 g/mol. The molecule has 1 heterocycles. The van der Waals surface area contributed by atoms with Gasteiger partial charge in [-0.25, -0.2) is 0 Å². The van der Waals surface area contributed by atoms with E-state index in [1.807, 2.05) is 32.9 Å². The zero-order valence-electron chi connectivity index (χ0n) is 13.9. The van der Waals surface area contributed by atoms with Crippen LogP contribution in [0.4, 0.5) is 11.5 Å². The van der Waals surface area contributed by atoms with E-state index in [-0.39, 0.29) is 11.0 Å². The highest BCUT2D eigenvalue weighted by Crippen LogP contribution is 2.28. The Labute approximate surface area is 123 Å². The monoisotopic (exact) mass is 279 g/mol. The first-order valence-electron chi connectivity index (χ1n) is 7.21. The minimum atomic E-state index is -0.309. The highest BCUT2D eigenvalue weighted by Gasteiger charge is 2.22. The third-order valence-electron chi connectivity index (χ3n) is 3.58. The summed E-state index contributed by atoms with van der Waals surface area (Å²) in [4.78, 5) is 4.46. The zero-order chi connectivity index (χ0) is 15.6. The smallest absolute Gasteiger partial charge is 0.239 e. The maximum atomic E-state index is 5.91. The van der Waals surface area contributed by atoms with Gasteiger partial charge < -0.3 is 15.8 Å². The van der Waals surface area contributed by atoms with Crippen LogP contribution in [0.2, 0.25) is 0 Å². The molecule has 1 aromatic rings. The predicted octanol–water partition coefficient (Wildman–Crippen LogP) is 3.94. The van der Waals surface area contributed by atoms with Gasteiger partial charge in [-0.3, -0.25) is 0 Å². The topological polar surface area (TPSA) is 60.2 Å². The fourth-order valence-electron chi connectivity index (χ4n) is 1.44. The quantitative estimate of drug-likeness (QED) is 0.857. The van der Waals surface area contributed by atoms with Crippen molar-refractivity contribution in [2.24, 2.45) is 11.3 Å². The molecule has 0 unspecified atom stereocenters. The lowest BCUT2D eigenvalue weighted by atomic mass is 9.81. The van der Waals surface area contributed by atoms with Crippen molar-refractivity contribution >= 4 is 11.5 Å². The standard InChI is InChI=1S/C16H29N3O/c1-11(2)16(6,7)10-18-13-9-8-12(17)14(19-13)20-15(3,4)5/h8-9,11H,10,17H2,1-7H3,(H,18,19). The Kier molecular flexibility index (Phi) is 4.90. The molecule has 0 aliphatic rings. The van der Waals surface area contributed by atoms with E-state index in [0.29, 0.717) is 17.5 Å². The van der Waals surface area contributed by atoms with Gasteiger partial charge in [0.2, 0.25) is 5.88 Å². The zero-order valence-corrected chi connectivity index (χ0v) is 13.9. The molecule has 0 bridgehead atoms. The summed E-state index contributed by atoms with van der Waals surface area (Å²) in [5.41, 5.74) is 6.37. The number of hydrogen-bond acceptors (Lipinski definition) is 4. The van der Waals surface area contributed by atoms with Gasteiger partial charge in [-0.05, 0) is 44.2 Å². The van der Waals surface area contributed by atoms with E-state index < -0.39 is 0 Å². The minimum absolute atomic E-state index is 0.202. The van der Waals surface area contributed by atoms with Crippen molar-refractivity contribution in [3.63, 3.8) is 0 Å². The van der Waals surface area contributed by atoms with Crippen LogP contribution < -0.4 is 15.8 Å². The first-order valence-corrected chi connectivity index (χ1v) is 7.21. The first-order chi connectivity index (χ1) is 9.01. The Hall–Kier alpha value is -1.45. The lowest BCUT2D eigenvalue weighted by molar-refractivity contribution is 0.125. The van der Waals surface area contributed by atoms with Gasteiger partial charge in [0.05, 0.1) is 5.69 Å². The largest absolute Gasteiger partial charge is 0.470 e. The third kappa shape index (κ3) is 4.91. The van der Waals surface area contributed by atoms with Gasteiger partial charge >= 0.3 is 0 Å². The molecule has 0 aromatic carbocycles. The van der Waals surface area contributed by atoms with Gasteiger partial charge in [0.25, 0.3) is 0 Å². The molecule has 0 spiro atoms. The number of anilines is 2. The molecule has 1 rings (SSSR count). The number of nitrogens with zero attached hydrogens (tertiary/aromatic N) is 1. The molecule has 0 saturated carbocycles. The van der Waals surface area contributed by atoms with Crippen molar-refractivity contribution in [3.8, 4) is 5.88 Å². The molecular formula is C16H29N3O. The van der Waals surface area contributed by atoms with Crippen LogP contribution >= 0.6 is 0 Å². The maximum absolute atomic E-state index is 5.91. The molecule has 1 aromatic heterocycles. The molecular weight excluding hydrogens is 250 g/mol. The summed E-state index contributed by atoms with van der Waals surface area (Å²) in [6, 6.07) is 3.72. The van der Waals surface area contributed by atoms with Crippen molar-refractivity contribution in [2.45, 2.75) is 54.1 Å². The van der Waals surface area contributed by atoms with Crippen molar-refractivity contribution in [2.75, 3.05) is 17.6 Å². The van der Waals surface area contributed by atoms with E-state index in [2.05, 4.69) is 38.0 Å². The van der Waals surface area contributed by atoms with Gasteiger partial charge in [0.15, 0.2) is 0 Å². The first kappa shape index (κ1) is 16.6. The molecule has 4 nitrogen and oxygen atoms in total. The van der Waals surface area contributed by atoms with E-state index >= 15 is 0 Å². The molecule has 114 valence electrons. The van der Waals surface area contributed by atoms with Gasteiger partial charge in [-0.15, -0.1) is 0 Å². The number of nitrogen functional groups attached to an aromatic ring is 1. The van der Waals surface area contributed by atoms with Crippen LogP contribution in [0.15, 0.2) is 12.1 Å². The molecule has 0 saturated heterocycles. The molecule has 0 aliphatic heterocycles. The fourth-order valence-corrected chi connectivity index (χ4v) is 1.44. The lowest BCUT2D eigenvalue weighted by Crippen LogP contribution is -2.29. The summed E-state index contributed by atoms with van der Waals surface area (Å²) in [5.74, 6) is 1.88. The normalized spacial score (nSPS) is 12.6. The Morgan fingerprint density at radius 1 is 1.20 bits per heavy atom. The predicted molar refractivity (Wildman–Crippen MR) is 86.1 cm³/mol. The Morgan fingerprint density at radius 2 is 1.80 bits per heavy atom. The van der Waals surface area contributed by atoms with Crippen LogP contribution in [-0.4, -0.2) is 17.1 Å². The summed E-state index contributed by atoms with van der Waals surface area (Å²) in [6.07, 6.45) is 0. The van der Waals surface area contributed by atoms with Crippen LogP contribution in [0.3, 0.4) is 0 Å². The summed E-state index contributed by atoms with van der Waals surface area (Å²) in [7, 11) is 0. The lowest BCUT2D eigenvalue weighted by Gasteiger charge is -2.29. The number of nitrogens with one attached hydrogen (secondary N) is 1. The second-order valence-corrected chi connectivity index (χ2v) is 7.30. The van der Waals surface area contributed by atoms with Gasteiger partial charge in [-0.1, -0.05) is 27.7 Å². The van der Waals surface area contributed by atoms with Crippen LogP contribution in [0.1, 0.15) is 48.5 Å². The Morgan fingerprint density at radius 3 is 2.30 bits per heavy atom. The van der Waals surface area contributed by atoms with Crippen LogP contribution in [0, 0.1) is 11.3 Å². The van der Waals surface area contributed by atoms with Crippen molar-refractivity contribution in [1.82, 2.24) is 4.98 Å². The molecule has 4 heteroatoms. The van der Waals surface area contributed by atoms with Crippen LogP contribution in [0.25, 0.3) is 0 Å². The SMILES string of the molecule is CC(C)C(C)(C)CNc1ccc(N)c(OC(C)(C)C)n1. The molecule has 0 fully saturated rings. The fraction of sp³-hybridized carbons (Fsp3) is 0.688. The van der Waals surface area contributed by atoms with E-state index in [0.717, 1.165) is 12.4 Å². The summed E-state index contributed by atoms with van der Waals surface area (Å²) >= 11 is 0. The van der Waals surface area contributed by atoms with Crippen LogP contribution in [-0.2, 0) is 0 Å². The van der Waals surface area contributed by atoms with Crippen LogP contribution in [0.5, 0.6) is 5.88 Å². The third-order valence-corrected chi connectivity index (χ3v) is 3.58. The number of nitrogens with two attached hydrogens (primary N) is 1. The van der Waals surface area contributed by atoms with Crippen molar-refractivity contribution in [1.29, 1.82) is 0 Å². The second-order valence-electron chi connectivity index (χ2n) is 7.30. The van der Waals surface area contributed by atoms with Gasteiger partial charge in [0, 0.05) is 6.54 Å². The molecule has 0 atom stereocenters. The van der Waals surface area contributed by atoms with E-state index in [1.54, 1.807) is 0 Å². The van der Waals surface area contributed by atoms with E-state index in [1.165, 1.54) is 0 Å². The van der Waals surface area contributed by atoms with Gasteiger partial charge in [0.1, 0.15) is 11.4 Å². The molecule has 0 aliphatic carbocycles. The number of hydrogen-bond donors (Lipinski definition) is 2. The van der Waals surface area contributed by atoms with Crippen molar-refractivity contribution in [3.05, 3.63) is 12.1 Å². The van der Waals surface area contributed by atoms with Crippen molar-refractivity contribution < 1.29 is 4.74 Å². The molecule has 0 amide bonds. The Balaban J connectivity index is 2.80. The summed E-state index contributed by atoms with van der Waals surface area (Å²) in [6.45, 7) is 15.8. The maximum Gasteiger partial charge on any atom is 0.239 e. The number of ether oxygens (including phenoxy) is 1.